The van der Waals surface area contributed by atoms with E-state index >= 15 is 0 Å². The minimum atomic E-state index is 0.206. The lowest BCUT2D eigenvalue weighted by molar-refractivity contribution is 0.377. The average molecular weight is 261 g/mol. The summed E-state index contributed by atoms with van der Waals surface area (Å²) in [4.78, 5) is 7.02. The van der Waals surface area contributed by atoms with E-state index in [9.17, 15) is 0 Å². The van der Waals surface area contributed by atoms with Crippen LogP contribution in [0.2, 0.25) is 0 Å². The van der Waals surface area contributed by atoms with E-state index in [1.54, 1.807) is 0 Å². The number of rotatable bonds is 5. The molecule has 2 N–H and O–H groups in total. The quantitative estimate of drug-likeness (QED) is 0.886. The summed E-state index contributed by atoms with van der Waals surface area (Å²) in [6, 6.07) is 4.53. The third kappa shape index (κ3) is 4.20. The number of anilines is 1. The van der Waals surface area contributed by atoms with Crippen molar-refractivity contribution in [1.29, 1.82) is 0 Å². The van der Waals surface area contributed by atoms with Crippen LogP contribution in [-0.2, 0) is 6.42 Å². The van der Waals surface area contributed by atoms with Crippen molar-refractivity contribution in [3.8, 4) is 0 Å². The Bertz CT molecular complexity index is 364. The largest absolute Gasteiger partial charge is 0.357 e. The molecular formula is C16H27N3. The molecule has 3 heteroatoms. The second kappa shape index (κ2) is 6.90. The van der Waals surface area contributed by atoms with E-state index in [0.717, 1.165) is 31.2 Å². The predicted molar refractivity (Wildman–Crippen MR) is 81.4 cm³/mol. The Morgan fingerprint density at radius 2 is 2.11 bits per heavy atom. The number of nitrogens with zero attached hydrogens (tertiary/aromatic N) is 2. The first-order chi connectivity index (χ1) is 9.19. The van der Waals surface area contributed by atoms with E-state index < -0.39 is 0 Å². The first kappa shape index (κ1) is 14.3. The van der Waals surface area contributed by atoms with Crippen LogP contribution in [0.1, 0.15) is 45.1 Å². The number of piperidine rings is 1. The fourth-order valence-corrected chi connectivity index (χ4v) is 2.96. The highest BCUT2D eigenvalue weighted by Crippen LogP contribution is 2.24. The third-order valence-electron chi connectivity index (χ3n) is 4.00. The second-order valence-electron chi connectivity index (χ2n) is 5.93. The maximum Gasteiger partial charge on any atom is 0.128 e. The number of nitrogens with two attached hydrogens (primary N) is 1. The van der Waals surface area contributed by atoms with Crippen LogP contribution in [0.3, 0.4) is 0 Å². The molecule has 0 spiro atoms. The Labute approximate surface area is 117 Å². The van der Waals surface area contributed by atoms with Crippen LogP contribution in [0.25, 0.3) is 0 Å². The zero-order valence-corrected chi connectivity index (χ0v) is 12.3. The van der Waals surface area contributed by atoms with Crippen LogP contribution >= 0.6 is 0 Å². The lowest BCUT2D eigenvalue weighted by Crippen LogP contribution is -2.34. The fraction of sp³-hybridized carbons (Fsp3) is 0.688. The first-order valence-corrected chi connectivity index (χ1v) is 7.64. The molecule has 0 amide bonds. The summed E-state index contributed by atoms with van der Waals surface area (Å²) in [6.07, 6.45) is 8.22. The lowest BCUT2D eigenvalue weighted by atomic mass is 9.92. The maximum atomic E-state index is 5.81. The Hall–Kier alpha value is -1.09. The molecule has 1 saturated heterocycles. The van der Waals surface area contributed by atoms with Crippen LogP contribution in [-0.4, -0.2) is 24.1 Å². The van der Waals surface area contributed by atoms with Crippen molar-refractivity contribution >= 4 is 5.82 Å². The highest BCUT2D eigenvalue weighted by atomic mass is 15.2. The number of hydrogen-bond acceptors (Lipinski definition) is 3. The van der Waals surface area contributed by atoms with E-state index in [2.05, 4.69) is 28.9 Å². The molecule has 2 rings (SSSR count). The van der Waals surface area contributed by atoms with Gasteiger partial charge in [0.1, 0.15) is 5.82 Å². The van der Waals surface area contributed by atoms with Crippen LogP contribution in [0.4, 0.5) is 5.82 Å². The molecule has 1 aromatic rings. The van der Waals surface area contributed by atoms with Crippen molar-refractivity contribution in [2.75, 3.05) is 18.0 Å². The lowest BCUT2D eigenvalue weighted by Gasteiger charge is -2.32. The highest BCUT2D eigenvalue weighted by Gasteiger charge is 2.19. The molecule has 1 aliphatic heterocycles. The van der Waals surface area contributed by atoms with Crippen LogP contribution in [0.15, 0.2) is 18.3 Å². The zero-order valence-electron chi connectivity index (χ0n) is 12.3. The third-order valence-corrected chi connectivity index (χ3v) is 4.00. The SMILES string of the molecule is CCCC1CCN(c2ccc(CC(C)N)cn2)CC1. The smallest absolute Gasteiger partial charge is 0.128 e. The molecule has 0 bridgehead atoms. The molecule has 1 atom stereocenters. The van der Waals surface area contributed by atoms with Crippen LogP contribution in [0, 0.1) is 5.92 Å². The maximum absolute atomic E-state index is 5.81. The Morgan fingerprint density at radius 1 is 1.37 bits per heavy atom. The van der Waals surface area contributed by atoms with Gasteiger partial charge in [-0.2, -0.15) is 0 Å². The van der Waals surface area contributed by atoms with Crippen molar-refractivity contribution in [3.05, 3.63) is 23.9 Å². The molecule has 19 heavy (non-hydrogen) atoms. The van der Waals surface area contributed by atoms with Gasteiger partial charge in [0, 0.05) is 25.3 Å². The van der Waals surface area contributed by atoms with Gasteiger partial charge in [-0.25, -0.2) is 4.98 Å². The van der Waals surface area contributed by atoms with Gasteiger partial charge in [-0.15, -0.1) is 0 Å². The van der Waals surface area contributed by atoms with Gasteiger partial charge in [0.25, 0.3) is 0 Å². The standard InChI is InChI=1S/C16H27N3/c1-3-4-14-7-9-19(10-8-14)16-6-5-15(12-18-16)11-13(2)17/h5-6,12-14H,3-4,7-11,17H2,1-2H3. The molecule has 0 saturated carbocycles. The zero-order chi connectivity index (χ0) is 13.7. The molecule has 0 radical (unpaired) electrons. The summed E-state index contributed by atoms with van der Waals surface area (Å²) in [5.41, 5.74) is 7.05. The van der Waals surface area contributed by atoms with E-state index in [4.69, 9.17) is 5.73 Å². The average Bonchev–Trinajstić information content (AvgIpc) is 2.40. The second-order valence-corrected chi connectivity index (χ2v) is 5.93. The van der Waals surface area contributed by atoms with Crippen molar-refractivity contribution in [2.45, 2.75) is 52.0 Å². The summed E-state index contributed by atoms with van der Waals surface area (Å²) >= 11 is 0. The summed E-state index contributed by atoms with van der Waals surface area (Å²) in [5.74, 6) is 2.06. The Morgan fingerprint density at radius 3 is 2.63 bits per heavy atom. The monoisotopic (exact) mass is 261 g/mol. The predicted octanol–water partition coefficient (Wildman–Crippen LogP) is 2.99. The molecule has 1 unspecified atom stereocenters. The van der Waals surface area contributed by atoms with E-state index in [1.807, 2.05) is 13.1 Å². The Balaban J connectivity index is 1.89. The van der Waals surface area contributed by atoms with E-state index in [-0.39, 0.29) is 6.04 Å². The van der Waals surface area contributed by atoms with Gasteiger partial charge >= 0.3 is 0 Å². The summed E-state index contributed by atoms with van der Waals surface area (Å²) in [7, 11) is 0. The molecule has 0 aromatic carbocycles. The fourth-order valence-electron chi connectivity index (χ4n) is 2.96. The van der Waals surface area contributed by atoms with Gasteiger partial charge in [0.2, 0.25) is 0 Å². The van der Waals surface area contributed by atoms with Crippen molar-refractivity contribution < 1.29 is 0 Å². The Kier molecular flexibility index (Phi) is 5.20. The molecule has 106 valence electrons. The van der Waals surface area contributed by atoms with Crippen molar-refractivity contribution in [3.63, 3.8) is 0 Å². The van der Waals surface area contributed by atoms with Gasteiger partial charge < -0.3 is 10.6 Å². The molecular weight excluding hydrogens is 234 g/mol. The minimum absolute atomic E-state index is 0.206. The molecule has 1 fully saturated rings. The highest BCUT2D eigenvalue weighted by molar-refractivity contribution is 5.39. The molecule has 1 aromatic heterocycles. The van der Waals surface area contributed by atoms with Crippen LogP contribution < -0.4 is 10.6 Å². The van der Waals surface area contributed by atoms with E-state index in [0.29, 0.717) is 0 Å². The first-order valence-electron chi connectivity index (χ1n) is 7.64. The molecule has 1 aliphatic rings. The minimum Gasteiger partial charge on any atom is -0.357 e. The van der Waals surface area contributed by atoms with E-state index in [1.165, 1.54) is 31.2 Å². The van der Waals surface area contributed by atoms with Gasteiger partial charge in [-0.1, -0.05) is 25.8 Å². The number of aromatic nitrogens is 1. The number of pyridine rings is 1. The normalized spacial score (nSPS) is 18.6. The topological polar surface area (TPSA) is 42.1 Å². The van der Waals surface area contributed by atoms with Crippen LogP contribution in [0.5, 0.6) is 0 Å². The van der Waals surface area contributed by atoms with Gasteiger partial charge in [-0.05, 0) is 43.7 Å². The summed E-state index contributed by atoms with van der Waals surface area (Å²) in [5, 5.41) is 0. The summed E-state index contributed by atoms with van der Waals surface area (Å²) in [6.45, 7) is 6.63. The van der Waals surface area contributed by atoms with Crippen molar-refractivity contribution in [2.24, 2.45) is 11.7 Å². The number of hydrogen-bond donors (Lipinski definition) is 1. The molecule has 2 heterocycles. The van der Waals surface area contributed by atoms with Gasteiger partial charge in [0.15, 0.2) is 0 Å². The molecule has 0 aliphatic carbocycles. The molecule has 3 nitrogen and oxygen atoms in total. The van der Waals surface area contributed by atoms with Gasteiger partial charge in [0.05, 0.1) is 0 Å². The summed E-state index contributed by atoms with van der Waals surface area (Å²) < 4.78 is 0. The van der Waals surface area contributed by atoms with Crippen molar-refractivity contribution in [1.82, 2.24) is 4.98 Å². The van der Waals surface area contributed by atoms with Gasteiger partial charge in [-0.3, -0.25) is 0 Å².